The standard InChI is InChI=1S/C20H27FN2O2S/c1-13-8-9-16(21)15(11-13)20-10-6-5-7-14(20)12-26-17(23-20)22-18(24)25-19(2,3)4/h8-9,11,14H,5-7,10,12H2,1-4H3,(H,22,23,24)/t14-,20-/m0/s1. The highest BCUT2D eigenvalue weighted by Crippen LogP contribution is 2.50. The van der Waals surface area contributed by atoms with E-state index in [2.05, 4.69) is 5.32 Å². The Morgan fingerprint density at radius 3 is 2.88 bits per heavy atom. The third-order valence-corrected chi connectivity index (χ3v) is 5.99. The van der Waals surface area contributed by atoms with Crippen LogP contribution in [0.25, 0.3) is 0 Å². The first kappa shape index (κ1) is 19.2. The molecule has 1 aliphatic heterocycles. The Morgan fingerprint density at radius 1 is 1.38 bits per heavy atom. The van der Waals surface area contributed by atoms with Gasteiger partial charge in [-0.3, -0.25) is 10.3 Å². The molecule has 0 aromatic heterocycles. The van der Waals surface area contributed by atoms with Crippen molar-refractivity contribution in [1.29, 1.82) is 0 Å². The first-order chi connectivity index (χ1) is 12.2. The van der Waals surface area contributed by atoms with Crippen LogP contribution in [-0.4, -0.2) is 22.6 Å². The van der Waals surface area contributed by atoms with Crippen molar-refractivity contribution in [1.82, 2.24) is 5.32 Å². The maximum atomic E-state index is 14.7. The summed E-state index contributed by atoms with van der Waals surface area (Å²) in [5, 5.41) is 3.29. The second-order valence-electron chi connectivity index (χ2n) is 8.21. The van der Waals surface area contributed by atoms with Crippen LogP contribution in [0.15, 0.2) is 23.2 Å². The topological polar surface area (TPSA) is 50.7 Å². The van der Waals surface area contributed by atoms with Gasteiger partial charge in [-0.1, -0.05) is 42.3 Å². The van der Waals surface area contributed by atoms with Gasteiger partial charge in [0.05, 0.1) is 5.54 Å². The van der Waals surface area contributed by atoms with Crippen LogP contribution < -0.4 is 5.32 Å². The highest BCUT2D eigenvalue weighted by Gasteiger charge is 2.46. The summed E-state index contributed by atoms with van der Waals surface area (Å²) in [5.41, 5.74) is 0.517. The number of aryl methyl sites for hydroxylation is 1. The Bertz CT molecular complexity index is 729. The van der Waals surface area contributed by atoms with Crippen molar-refractivity contribution in [2.45, 2.75) is 64.5 Å². The molecule has 1 saturated carbocycles. The summed E-state index contributed by atoms with van der Waals surface area (Å²) in [4.78, 5) is 17.1. The number of aliphatic imine (C=N–C) groups is 1. The summed E-state index contributed by atoms with van der Waals surface area (Å²) in [6.07, 6.45) is 3.47. The highest BCUT2D eigenvalue weighted by molar-refractivity contribution is 8.13. The van der Waals surface area contributed by atoms with E-state index in [9.17, 15) is 9.18 Å². The molecule has 1 amide bonds. The maximum absolute atomic E-state index is 14.7. The lowest BCUT2D eigenvalue weighted by molar-refractivity contribution is 0.0563. The lowest BCUT2D eigenvalue weighted by Gasteiger charge is -2.44. The van der Waals surface area contributed by atoms with E-state index < -0.39 is 17.2 Å². The molecule has 1 fully saturated rings. The number of ether oxygens (including phenoxy) is 1. The van der Waals surface area contributed by atoms with E-state index in [1.54, 1.807) is 6.07 Å². The molecule has 0 radical (unpaired) electrons. The predicted molar refractivity (Wildman–Crippen MR) is 104 cm³/mol. The Morgan fingerprint density at radius 2 is 2.15 bits per heavy atom. The van der Waals surface area contributed by atoms with Crippen molar-refractivity contribution in [3.8, 4) is 0 Å². The molecular formula is C20H27FN2O2S. The third kappa shape index (κ3) is 4.05. The van der Waals surface area contributed by atoms with Crippen LogP contribution in [0.1, 0.15) is 57.6 Å². The van der Waals surface area contributed by atoms with Gasteiger partial charge in [0, 0.05) is 11.3 Å². The fourth-order valence-corrected chi connectivity index (χ4v) is 5.01. The molecule has 142 valence electrons. The number of hydrogen-bond acceptors (Lipinski definition) is 4. The lowest BCUT2D eigenvalue weighted by Crippen LogP contribution is -2.45. The average Bonchev–Trinajstić information content (AvgIpc) is 2.55. The molecule has 1 N–H and O–H groups in total. The number of nitrogens with zero attached hydrogens (tertiary/aromatic N) is 1. The Balaban J connectivity index is 1.95. The van der Waals surface area contributed by atoms with E-state index in [0.29, 0.717) is 10.7 Å². The van der Waals surface area contributed by atoms with Crippen molar-refractivity contribution < 1.29 is 13.9 Å². The van der Waals surface area contributed by atoms with Crippen molar-refractivity contribution in [3.05, 3.63) is 35.1 Å². The van der Waals surface area contributed by atoms with Crippen molar-refractivity contribution >= 4 is 23.0 Å². The number of amides is 1. The monoisotopic (exact) mass is 378 g/mol. The molecule has 1 aliphatic carbocycles. The fourth-order valence-electron chi connectivity index (χ4n) is 3.83. The second kappa shape index (κ2) is 7.22. The third-order valence-electron chi connectivity index (χ3n) is 4.95. The number of halogens is 1. The van der Waals surface area contributed by atoms with E-state index in [1.807, 2.05) is 33.8 Å². The first-order valence-electron chi connectivity index (χ1n) is 9.19. The van der Waals surface area contributed by atoms with Crippen LogP contribution >= 0.6 is 11.8 Å². The van der Waals surface area contributed by atoms with Gasteiger partial charge in [-0.05, 0) is 52.5 Å². The van der Waals surface area contributed by atoms with Crippen LogP contribution in [0, 0.1) is 18.7 Å². The molecule has 26 heavy (non-hydrogen) atoms. The summed E-state index contributed by atoms with van der Waals surface area (Å²) < 4.78 is 20.1. The van der Waals surface area contributed by atoms with Gasteiger partial charge in [0.15, 0.2) is 5.17 Å². The van der Waals surface area contributed by atoms with Crippen LogP contribution in [0.5, 0.6) is 0 Å². The number of amidine groups is 1. The summed E-state index contributed by atoms with van der Waals surface area (Å²) in [7, 11) is 0. The van der Waals surface area contributed by atoms with E-state index >= 15 is 0 Å². The van der Waals surface area contributed by atoms with E-state index in [4.69, 9.17) is 9.73 Å². The maximum Gasteiger partial charge on any atom is 0.413 e. The molecule has 2 aliphatic rings. The zero-order valence-corrected chi connectivity index (χ0v) is 16.7. The molecule has 4 nitrogen and oxygen atoms in total. The van der Waals surface area contributed by atoms with Gasteiger partial charge in [0.2, 0.25) is 0 Å². The number of nitrogens with one attached hydrogen (secondary N) is 1. The van der Waals surface area contributed by atoms with Crippen molar-refractivity contribution in [2.75, 3.05) is 5.75 Å². The lowest BCUT2D eigenvalue weighted by atomic mass is 9.69. The summed E-state index contributed by atoms with van der Waals surface area (Å²) in [6.45, 7) is 7.44. The number of rotatable bonds is 1. The number of thioether (sulfide) groups is 1. The second-order valence-corrected chi connectivity index (χ2v) is 9.21. The molecule has 0 unspecified atom stereocenters. The molecule has 2 atom stereocenters. The largest absolute Gasteiger partial charge is 0.444 e. The van der Waals surface area contributed by atoms with Gasteiger partial charge in [0.1, 0.15) is 11.4 Å². The van der Waals surface area contributed by atoms with Crippen LogP contribution in [0.3, 0.4) is 0 Å². The molecule has 1 heterocycles. The van der Waals surface area contributed by atoms with Gasteiger partial charge in [-0.2, -0.15) is 0 Å². The first-order valence-corrected chi connectivity index (χ1v) is 10.2. The van der Waals surface area contributed by atoms with Crippen LogP contribution in [-0.2, 0) is 10.3 Å². The number of carbonyl (C=O) groups excluding carboxylic acids is 1. The van der Waals surface area contributed by atoms with E-state index in [-0.39, 0.29) is 11.7 Å². The smallest absolute Gasteiger partial charge is 0.413 e. The molecule has 1 aromatic rings. The zero-order valence-electron chi connectivity index (χ0n) is 15.9. The number of hydrogen-bond donors (Lipinski definition) is 1. The van der Waals surface area contributed by atoms with Crippen molar-refractivity contribution in [2.24, 2.45) is 10.9 Å². The Labute approximate surface area is 159 Å². The van der Waals surface area contributed by atoms with Gasteiger partial charge >= 0.3 is 6.09 Å². The molecule has 3 rings (SSSR count). The van der Waals surface area contributed by atoms with Crippen molar-refractivity contribution in [3.63, 3.8) is 0 Å². The average molecular weight is 379 g/mol. The fraction of sp³-hybridized carbons (Fsp3) is 0.600. The van der Waals surface area contributed by atoms with Gasteiger partial charge in [0.25, 0.3) is 0 Å². The Hall–Kier alpha value is -1.56. The minimum Gasteiger partial charge on any atom is -0.444 e. The number of alkyl carbamates (subject to hydrolysis) is 1. The van der Waals surface area contributed by atoms with Gasteiger partial charge < -0.3 is 4.74 Å². The molecule has 6 heteroatoms. The molecule has 0 saturated heterocycles. The number of fused-ring (bicyclic) bond motifs is 1. The predicted octanol–water partition coefficient (Wildman–Crippen LogP) is 5.15. The van der Waals surface area contributed by atoms with Gasteiger partial charge in [-0.15, -0.1) is 0 Å². The number of benzene rings is 1. The van der Waals surface area contributed by atoms with E-state index in [1.165, 1.54) is 17.8 Å². The highest BCUT2D eigenvalue weighted by atomic mass is 32.2. The van der Waals surface area contributed by atoms with Crippen LogP contribution in [0.2, 0.25) is 0 Å². The normalized spacial score (nSPS) is 25.9. The van der Waals surface area contributed by atoms with Crippen LogP contribution in [0.4, 0.5) is 9.18 Å². The summed E-state index contributed by atoms with van der Waals surface area (Å²) in [5.74, 6) is 0.888. The summed E-state index contributed by atoms with van der Waals surface area (Å²) >= 11 is 1.52. The van der Waals surface area contributed by atoms with Gasteiger partial charge in [-0.25, -0.2) is 9.18 Å². The Kier molecular flexibility index (Phi) is 5.33. The molecule has 1 aromatic carbocycles. The SMILES string of the molecule is Cc1ccc(F)c([C@]23CCCC[C@H]2CSC(NC(=O)OC(C)(C)C)=N3)c1. The molecular weight excluding hydrogens is 351 g/mol. The van der Waals surface area contributed by atoms with E-state index in [0.717, 1.165) is 37.0 Å². The minimum absolute atomic E-state index is 0.213. The minimum atomic E-state index is -0.593. The molecule has 0 bridgehead atoms. The molecule has 0 spiro atoms. The summed E-state index contributed by atoms with van der Waals surface area (Å²) in [6, 6.07) is 5.23. The quantitative estimate of drug-likeness (QED) is 0.735. The zero-order chi connectivity index (χ0) is 18.9. The number of carbonyl (C=O) groups is 1.